The molecule has 2 nitrogen and oxygen atoms in total. The van der Waals surface area contributed by atoms with Crippen molar-refractivity contribution in [1.82, 2.24) is 5.43 Å². The van der Waals surface area contributed by atoms with Crippen LogP contribution in [0.2, 0.25) is 0 Å². The summed E-state index contributed by atoms with van der Waals surface area (Å²) in [6, 6.07) is 9.16. The molecular formula is C14H20N2. The molecule has 16 heavy (non-hydrogen) atoms. The lowest BCUT2D eigenvalue weighted by molar-refractivity contribution is 0.425. The lowest BCUT2D eigenvalue weighted by Crippen LogP contribution is -2.30. The maximum atomic E-state index is 5.74. The molecule has 1 aromatic rings. The molecule has 0 radical (unpaired) electrons. The van der Waals surface area contributed by atoms with Gasteiger partial charge in [-0.2, -0.15) is 0 Å². The summed E-state index contributed by atoms with van der Waals surface area (Å²) in [4.78, 5) is 0. The lowest BCUT2D eigenvalue weighted by atomic mass is 9.97. The molecule has 0 aromatic heterocycles. The first-order chi connectivity index (χ1) is 7.81. The van der Waals surface area contributed by atoms with Crippen LogP contribution in [0.25, 0.3) is 0 Å². The van der Waals surface area contributed by atoms with Crippen molar-refractivity contribution >= 4 is 0 Å². The molecule has 3 N–H and O–H groups in total. The molecule has 0 saturated heterocycles. The number of rotatable bonds is 3. The van der Waals surface area contributed by atoms with Crippen molar-refractivity contribution in [2.24, 2.45) is 23.6 Å². The van der Waals surface area contributed by atoms with Gasteiger partial charge in [0.2, 0.25) is 0 Å². The molecule has 2 aliphatic carbocycles. The van der Waals surface area contributed by atoms with Gasteiger partial charge in [-0.05, 0) is 43.1 Å². The smallest absolute Gasteiger partial charge is 0.0493 e. The number of nitrogens with one attached hydrogen (secondary N) is 1. The third-order valence-electron chi connectivity index (χ3n) is 4.47. The number of benzene rings is 1. The molecule has 86 valence electrons. The second-order valence-electron chi connectivity index (χ2n) is 5.39. The second kappa shape index (κ2) is 3.86. The molecule has 3 atom stereocenters. The van der Waals surface area contributed by atoms with Crippen molar-refractivity contribution in [3.05, 3.63) is 35.4 Å². The van der Waals surface area contributed by atoms with Crippen LogP contribution in [-0.4, -0.2) is 0 Å². The molecule has 1 aromatic carbocycles. The summed E-state index contributed by atoms with van der Waals surface area (Å²) >= 11 is 0. The summed E-state index contributed by atoms with van der Waals surface area (Å²) in [5, 5.41) is 0. The summed E-state index contributed by atoms with van der Waals surface area (Å²) < 4.78 is 0. The van der Waals surface area contributed by atoms with Crippen molar-refractivity contribution in [2.75, 3.05) is 0 Å². The molecule has 0 aliphatic heterocycles. The third kappa shape index (κ3) is 1.57. The molecule has 3 unspecified atom stereocenters. The summed E-state index contributed by atoms with van der Waals surface area (Å²) in [5.41, 5.74) is 5.70. The fraction of sp³-hybridized carbons (Fsp3) is 0.571. The van der Waals surface area contributed by atoms with Gasteiger partial charge < -0.3 is 0 Å². The van der Waals surface area contributed by atoms with Gasteiger partial charge in [0.25, 0.3) is 0 Å². The van der Waals surface area contributed by atoms with Crippen molar-refractivity contribution in [1.29, 1.82) is 0 Å². The molecule has 0 amide bonds. The standard InChI is InChI=1S/C14H20N2/c1-9-5-7-10(8-6-9)14(16-15)13-11-3-2-4-12(11)13/h5-8,11-14,16H,2-4,15H2,1H3. The molecule has 3 rings (SSSR count). The van der Waals surface area contributed by atoms with Crippen LogP contribution in [0, 0.1) is 24.7 Å². The Hall–Kier alpha value is -0.860. The van der Waals surface area contributed by atoms with Gasteiger partial charge in [0.1, 0.15) is 0 Å². The number of hydrazine groups is 1. The maximum absolute atomic E-state index is 5.74. The SMILES string of the molecule is Cc1ccc(C(NN)C2C3CCCC32)cc1. The van der Waals surface area contributed by atoms with Gasteiger partial charge >= 0.3 is 0 Å². The molecule has 2 heteroatoms. The Labute approximate surface area is 97.2 Å². The number of fused-ring (bicyclic) bond motifs is 1. The zero-order chi connectivity index (χ0) is 11.1. The first-order valence-electron chi connectivity index (χ1n) is 6.34. The number of hydrogen-bond acceptors (Lipinski definition) is 2. The van der Waals surface area contributed by atoms with Crippen LogP contribution in [0.15, 0.2) is 24.3 Å². The zero-order valence-electron chi connectivity index (χ0n) is 9.82. The first kappa shape index (κ1) is 10.3. The normalized spacial score (nSPS) is 33.5. The van der Waals surface area contributed by atoms with Crippen molar-refractivity contribution in [3.8, 4) is 0 Å². The highest BCUT2D eigenvalue weighted by molar-refractivity contribution is 5.27. The topological polar surface area (TPSA) is 38.0 Å². The average molecular weight is 216 g/mol. The van der Waals surface area contributed by atoms with E-state index in [9.17, 15) is 0 Å². The summed E-state index contributed by atoms with van der Waals surface area (Å²) in [5.74, 6) is 8.42. The predicted octanol–water partition coefficient (Wildman–Crippen LogP) is 2.55. The highest BCUT2D eigenvalue weighted by Gasteiger charge is 2.55. The Morgan fingerprint density at radius 1 is 1.19 bits per heavy atom. The van der Waals surface area contributed by atoms with Crippen LogP contribution in [0.3, 0.4) is 0 Å². The number of hydrogen-bond donors (Lipinski definition) is 2. The van der Waals surface area contributed by atoms with E-state index in [4.69, 9.17) is 5.84 Å². The Bertz CT molecular complexity index is 361. The van der Waals surface area contributed by atoms with Gasteiger partial charge in [0.05, 0.1) is 0 Å². The highest BCUT2D eigenvalue weighted by atomic mass is 15.2. The Balaban J connectivity index is 1.78. The maximum Gasteiger partial charge on any atom is 0.0493 e. The van der Waals surface area contributed by atoms with Crippen LogP contribution in [0.4, 0.5) is 0 Å². The van der Waals surface area contributed by atoms with Crippen molar-refractivity contribution < 1.29 is 0 Å². The number of nitrogens with two attached hydrogens (primary N) is 1. The van der Waals surface area contributed by atoms with E-state index in [2.05, 4.69) is 36.6 Å². The van der Waals surface area contributed by atoms with E-state index in [1.807, 2.05) is 0 Å². The summed E-state index contributed by atoms with van der Waals surface area (Å²) in [7, 11) is 0. The molecule has 2 aliphatic rings. The summed E-state index contributed by atoms with van der Waals surface area (Å²) in [6.45, 7) is 2.13. The van der Waals surface area contributed by atoms with Gasteiger partial charge in [-0.1, -0.05) is 36.2 Å². The summed E-state index contributed by atoms with van der Waals surface area (Å²) in [6.07, 6.45) is 4.26. The minimum atomic E-state index is 0.371. The van der Waals surface area contributed by atoms with Gasteiger partial charge in [0, 0.05) is 6.04 Å². The second-order valence-corrected chi connectivity index (χ2v) is 5.39. The number of aryl methyl sites for hydroxylation is 1. The Kier molecular flexibility index (Phi) is 2.49. The quantitative estimate of drug-likeness (QED) is 0.602. The lowest BCUT2D eigenvalue weighted by Gasteiger charge is -2.18. The zero-order valence-corrected chi connectivity index (χ0v) is 9.82. The molecule has 2 saturated carbocycles. The van der Waals surface area contributed by atoms with E-state index in [0.29, 0.717) is 6.04 Å². The van der Waals surface area contributed by atoms with Crippen molar-refractivity contribution in [3.63, 3.8) is 0 Å². The van der Waals surface area contributed by atoms with E-state index < -0.39 is 0 Å². The Morgan fingerprint density at radius 3 is 2.38 bits per heavy atom. The van der Waals surface area contributed by atoms with E-state index in [-0.39, 0.29) is 0 Å². The van der Waals surface area contributed by atoms with E-state index in [1.54, 1.807) is 0 Å². The Morgan fingerprint density at radius 2 is 1.81 bits per heavy atom. The molecule has 2 fully saturated rings. The van der Waals surface area contributed by atoms with E-state index in [1.165, 1.54) is 30.4 Å². The fourth-order valence-electron chi connectivity index (χ4n) is 3.57. The minimum absolute atomic E-state index is 0.371. The van der Waals surface area contributed by atoms with Gasteiger partial charge in [-0.3, -0.25) is 11.3 Å². The van der Waals surface area contributed by atoms with Crippen LogP contribution < -0.4 is 11.3 Å². The van der Waals surface area contributed by atoms with Crippen LogP contribution in [0.5, 0.6) is 0 Å². The third-order valence-corrected chi connectivity index (χ3v) is 4.47. The fourth-order valence-corrected chi connectivity index (χ4v) is 3.57. The first-order valence-corrected chi connectivity index (χ1v) is 6.34. The van der Waals surface area contributed by atoms with E-state index >= 15 is 0 Å². The largest absolute Gasteiger partial charge is 0.271 e. The minimum Gasteiger partial charge on any atom is -0.271 e. The average Bonchev–Trinajstić information content (AvgIpc) is 2.76. The van der Waals surface area contributed by atoms with Crippen LogP contribution in [-0.2, 0) is 0 Å². The monoisotopic (exact) mass is 216 g/mol. The van der Waals surface area contributed by atoms with Crippen LogP contribution in [0.1, 0.15) is 36.4 Å². The molecule has 0 heterocycles. The predicted molar refractivity (Wildman–Crippen MR) is 65.6 cm³/mol. The van der Waals surface area contributed by atoms with Gasteiger partial charge in [0.15, 0.2) is 0 Å². The molecular weight excluding hydrogens is 196 g/mol. The van der Waals surface area contributed by atoms with Gasteiger partial charge in [-0.25, -0.2) is 0 Å². The van der Waals surface area contributed by atoms with Crippen molar-refractivity contribution in [2.45, 2.75) is 32.2 Å². The van der Waals surface area contributed by atoms with Gasteiger partial charge in [-0.15, -0.1) is 0 Å². The highest BCUT2D eigenvalue weighted by Crippen LogP contribution is 2.61. The van der Waals surface area contributed by atoms with Crippen LogP contribution >= 0.6 is 0 Å². The van der Waals surface area contributed by atoms with E-state index in [0.717, 1.165) is 17.8 Å². The molecule has 0 bridgehead atoms. The molecule has 0 spiro atoms.